The molecule has 2 N–H and O–H groups in total. The number of hydrogen-bond donors (Lipinski definition) is 2. The summed E-state index contributed by atoms with van der Waals surface area (Å²) in [5.74, 6) is 0.351. The third-order valence-corrected chi connectivity index (χ3v) is 5.62. The van der Waals surface area contributed by atoms with Gasteiger partial charge in [-0.25, -0.2) is 0 Å². The zero-order valence-corrected chi connectivity index (χ0v) is 20.0. The van der Waals surface area contributed by atoms with Crippen LogP contribution in [0, 0.1) is 0 Å². The molecule has 8 heteroatoms. The van der Waals surface area contributed by atoms with Crippen molar-refractivity contribution in [2.24, 2.45) is 0 Å². The molecule has 3 rings (SSSR count). The lowest BCUT2D eigenvalue weighted by Gasteiger charge is -2.26. The van der Waals surface area contributed by atoms with Crippen LogP contribution in [-0.4, -0.2) is 41.0 Å². The lowest BCUT2D eigenvalue weighted by Crippen LogP contribution is -2.36. The Bertz CT molecular complexity index is 974. The van der Waals surface area contributed by atoms with E-state index < -0.39 is 0 Å². The molecule has 1 aliphatic rings. The molecule has 0 radical (unpaired) electrons. The van der Waals surface area contributed by atoms with Gasteiger partial charge in [0, 0.05) is 29.9 Å². The van der Waals surface area contributed by atoms with Gasteiger partial charge in [-0.3, -0.25) is 14.9 Å². The van der Waals surface area contributed by atoms with Crippen molar-refractivity contribution in [3.63, 3.8) is 0 Å². The van der Waals surface area contributed by atoms with E-state index in [1.807, 2.05) is 18.7 Å². The number of carbonyl (C=O) groups excluding carboxylic acids is 2. The monoisotopic (exact) mass is 503 g/mol. The molecule has 6 nitrogen and oxygen atoms in total. The fraction of sp³-hybridized carbons (Fsp3) is 0.348. The molecule has 0 aromatic heterocycles. The number of halogens is 1. The van der Waals surface area contributed by atoms with Crippen molar-refractivity contribution >= 4 is 50.8 Å². The van der Waals surface area contributed by atoms with Gasteiger partial charge in [0.25, 0.3) is 11.8 Å². The summed E-state index contributed by atoms with van der Waals surface area (Å²) in [5, 5.41) is 5.81. The van der Waals surface area contributed by atoms with Gasteiger partial charge in [0.2, 0.25) is 0 Å². The number of rotatable bonds is 5. The predicted molar refractivity (Wildman–Crippen MR) is 130 cm³/mol. The van der Waals surface area contributed by atoms with Gasteiger partial charge in [0.05, 0.1) is 10.6 Å². The molecule has 0 saturated carbocycles. The number of hydrogen-bond acceptors (Lipinski definition) is 4. The summed E-state index contributed by atoms with van der Waals surface area (Å²) in [4.78, 5) is 27.1. The van der Waals surface area contributed by atoms with Gasteiger partial charge in [0.15, 0.2) is 5.11 Å². The highest BCUT2D eigenvalue weighted by Gasteiger charge is 2.18. The maximum atomic E-state index is 12.7. The van der Waals surface area contributed by atoms with Crippen molar-refractivity contribution < 1.29 is 14.3 Å². The van der Waals surface area contributed by atoms with Crippen LogP contribution in [0.15, 0.2) is 46.9 Å². The number of benzene rings is 2. The molecule has 0 aliphatic carbocycles. The van der Waals surface area contributed by atoms with Crippen molar-refractivity contribution in [3.05, 3.63) is 58.1 Å². The largest absolute Gasteiger partial charge is 0.490 e. The van der Waals surface area contributed by atoms with Gasteiger partial charge in [-0.05, 0) is 97.7 Å². The highest BCUT2D eigenvalue weighted by Crippen LogP contribution is 2.27. The Balaban J connectivity index is 1.61. The van der Waals surface area contributed by atoms with Crippen molar-refractivity contribution in [1.29, 1.82) is 0 Å². The quantitative estimate of drug-likeness (QED) is 0.562. The van der Waals surface area contributed by atoms with Crippen LogP contribution in [0.25, 0.3) is 0 Å². The van der Waals surface area contributed by atoms with Crippen LogP contribution in [0.5, 0.6) is 5.75 Å². The molecule has 0 atom stereocenters. The summed E-state index contributed by atoms with van der Waals surface area (Å²) >= 11 is 8.72. The van der Waals surface area contributed by atoms with Crippen LogP contribution in [-0.2, 0) is 0 Å². The molecule has 0 bridgehead atoms. The summed E-state index contributed by atoms with van der Waals surface area (Å²) in [7, 11) is 0. The van der Waals surface area contributed by atoms with Crippen LogP contribution in [0.4, 0.5) is 5.69 Å². The van der Waals surface area contributed by atoms with Crippen molar-refractivity contribution in [2.45, 2.75) is 39.2 Å². The molecule has 2 aromatic rings. The van der Waals surface area contributed by atoms with Crippen LogP contribution in [0.1, 0.15) is 53.8 Å². The van der Waals surface area contributed by atoms with E-state index in [-0.39, 0.29) is 23.0 Å². The Labute approximate surface area is 196 Å². The minimum Gasteiger partial charge on any atom is -0.490 e. The zero-order chi connectivity index (χ0) is 22.4. The predicted octanol–water partition coefficient (Wildman–Crippen LogP) is 4.99. The first kappa shape index (κ1) is 23.2. The standard InChI is InChI=1S/C23H26BrN3O3S/c1-15(2)30-20-10-9-16(14-19(20)24)21(28)26-23(31)25-18-8-6-7-17(13-18)22(29)27-11-4-3-5-12-27/h6-10,13-15H,3-5,11-12H2,1-2H3,(H2,25,26,28,31). The van der Waals surface area contributed by atoms with Crippen LogP contribution >= 0.6 is 28.1 Å². The first-order valence-corrected chi connectivity index (χ1v) is 11.5. The SMILES string of the molecule is CC(C)Oc1ccc(C(=O)NC(=S)Nc2cccc(C(=O)N3CCCCC3)c2)cc1Br. The summed E-state index contributed by atoms with van der Waals surface area (Å²) < 4.78 is 6.36. The average Bonchev–Trinajstić information content (AvgIpc) is 2.75. The molecular formula is C23H26BrN3O3S. The third-order valence-electron chi connectivity index (χ3n) is 4.79. The fourth-order valence-corrected chi connectivity index (χ4v) is 4.02. The van der Waals surface area contributed by atoms with Crippen molar-refractivity contribution in [2.75, 3.05) is 18.4 Å². The van der Waals surface area contributed by atoms with E-state index in [0.717, 1.165) is 25.9 Å². The van der Waals surface area contributed by atoms with Crippen molar-refractivity contribution in [3.8, 4) is 5.75 Å². The number of likely N-dealkylation sites (tertiary alicyclic amines) is 1. The number of piperidine rings is 1. The lowest BCUT2D eigenvalue weighted by atomic mass is 10.1. The number of nitrogens with one attached hydrogen (secondary N) is 2. The minimum absolute atomic E-state index is 0.0202. The van der Waals surface area contributed by atoms with Gasteiger partial charge in [0.1, 0.15) is 5.75 Å². The molecule has 1 fully saturated rings. The third kappa shape index (κ3) is 6.51. The highest BCUT2D eigenvalue weighted by atomic mass is 79.9. The molecule has 0 spiro atoms. The highest BCUT2D eigenvalue weighted by molar-refractivity contribution is 9.10. The molecule has 2 aromatic carbocycles. The first-order chi connectivity index (χ1) is 14.8. The number of thiocarbonyl (C=S) groups is 1. The molecule has 2 amide bonds. The average molecular weight is 504 g/mol. The Morgan fingerprint density at radius 1 is 1.06 bits per heavy atom. The molecule has 31 heavy (non-hydrogen) atoms. The van der Waals surface area contributed by atoms with Gasteiger partial charge in [-0.1, -0.05) is 6.07 Å². The van der Waals surface area contributed by atoms with E-state index >= 15 is 0 Å². The maximum Gasteiger partial charge on any atom is 0.257 e. The first-order valence-electron chi connectivity index (χ1n) is 10.3. The van der Waals surface area contributed by atoms with Gasteiger partial charge in [-0.15, -0.1) is 0 Å². The van der Waals surface area contributed by atoms with E-state index in [4.69, 9.17) is 17.0 Å². The molecule has 1 saturated heterocycles. The summed E-state index contributed by atoms with van der Waals surface area (Å²) in [6, 6.07) is 12.3. The number of anilines is 1. The minimum atomic E-state index is -0.338. The van der Waals surface area contributed by atoms with E-state index in [9.17, 15) is 9.59 Å². The van der Waals surface area contributed by atoms with E-state index in [2.05, 4.69) is 26.6 Å². The van der Waals surface area contributed by atoms with E-state index in [1.54, 1.807) is 42.5 Å². The van der Waals surface area contributed by atoms with E-state index in [1.165, 1.54) is 6.42 Å². The second-order valence-corrected chi connectivity index (χ2v) is 8.92. The van der Waals surface area contributed by atoms with E-state index in [0.29, 0.717) is 27.0 Å². The van der Waals surface area contributed by atoms with Gasteiger partial charge < -0.3 is 15.0 Å². The second kappa shape index (κ2) is 10.7. The van der Waals surface area contributed by atoms with Crippen LogP contribution < -0.4 is 15.4 Å². The van der Waals surface area contributed by atoms with Gasteiger partial charge in [-0.2, -0.15) is 0 Å². The number of ether oxygens (including phenoxy) is 1. The number of carbonyl (C=O) groups is 2. The smallest absolute Gasteiger partial charge is 0.257 e. The molecule has 164 valence electrons. The van der Waals surface area contributed by atoms with Crippen LogP contribution in [0.3, 0.4) is 0 Å². The Morgan fingerprint density at radius 3 is 2.48 bits per heavy atom. The summed E-state index contributed by atoms with van der Waals surface area (Å²) in [5.41, 5.74) is 1.70. The fourth-order valence-electron chi connectivity index (χ4n) is 3.34. The second-order valence-electron chi connectivity index (χ2n) is 7.65. The maximum absolute atomic E-state index is 12.7. The van der Waals surface area contributed by atoms with Gasteiger partial charge >= 0.3 is 0 Å². The Hall–Kier alpha value is -2.45. The van der Waals surface area contributed by atoms with Crippen molar-refractivity contribution in [1.82, 2.24) is 10.2 Å². The molecule has 1 heterocycles. The zero-order valence-electron chi connectivity index (χ0n) is 17.6. The number of amides is 2. The summed E-state index contributed by atoms with van der Waals surface area (Å²) in [6.45, 7) is 5.46. The Morgan fingerprint density at radius 2 is 1.81 bits per heavy atom. The Kier molecular flexibility index (Phi) is 8.03. The topological polar surface area (TPSA) is 70.7 Å². The normalized spacial score (nSPS) is 13.6. The van der Waals surface area contributed by atoms with Crippen LogP contribution in [0.2, 0.25) is 0 Å². The lowest BCUT2D eigenvalue weighted by molar-refractivity contribution is 0.0724. The molecule has 0 unspecified atom stereocenters. The number of nitrogens with zero attached hydrogens (tertiary/aromatic N) is 1. The summed E-state index contributed by atoms with van der Waals surface area (Å²) in [6.07, 6.45) is 3.29. The molecule has 1 aliphatic heterocycles. The molecular weight excluding hydrogens is 478 g/mol.